The Kier molecular flexibility index (Phi) is 6.09. The zero-order valence-corrected chi connectivity index (χ0v) is 19.2. The number of hydrogen-bond acceptors (Lipinski definition) is 8. The van der Waals surface area contributed by atoms with Crippen LogP contribution in [0.5, 0.6) is 11.8 Å². The molecule has 1 aliphatic heterocycles. The lowest BCUT2D eigenvalue weighted by molar-refractivity contribution is -0.115. The van der Waals surface area contributed by atoms with Gasteiger partial charge in [0.25, 0.3) is 0 Å². The summed E-state index contributed by atoms with van der Waals surface area (Å²) in [6.45, 7) is 3.07. The summed E-state index contributed by atoms with van der Waals surface area (Å²) in [5.74, 6) is 0.697. The van der Waals surface area contributed by atoms with E-state index in [2.05, 4.69) is 36.9 Å². The van der Waals surface area contributed by atoms with Gasteiger partial charge in [0.1, 0.15) is 17.6 Å². The van der Waals surface area contributed by atoms with E-state index in [0.29, 0.717) is 11.8 Å². The number of para-hydroxylation sites is 1. The first-order valence-electron chi connectivity index (χ1n) is 11.1. The van der Waals surface area contributed by atoms with Gasteiger partial charge in [0.2, 0.25) is 0 Å². The number of anilines is 1. The number of fused-ring (bicyclic) bond motifs is 1. The first-order chi connectivity index (χ1) is 16.7. The Morgan fingerprint density at radius 2 is 1.71 bits per heavy atom. The third-order valence-corrected chi connectivity index (χ3v) is 6.23. The van der Waals surface area contributed by atoms with Gasteiger partial charge < -0.3 is 18.9 Å². The largest absolute Gasteiger partial charge is 0.495 e. The Bertz CT molecular complexity index is 1280. The van der Waals surface area contributed by atoms with Gasteiger partial charge in [-0.1, -0.05) is 18.2 Å². The molecule has 1 saturated heterocycles. The SMILES string of the molecule is COc1cnc2c(ccn2C(C=O)N2CCN(c3ccccc3-c3cnc(OC)nc3)CC2)c1. The van der Waals surface area contributed by atoms with Crippen LogP contribution in [-0.2, 0) is 4.79 Å². The van der Waals surface area contributed by atoms with Crippen LogP contribution in [0.3, 0.4) is 0 Å². The normalized spacial score (nSPS) is 15.3. The maximum atomic E-state index is 12.2. The second-order valence-electron chi connectivity index (χ2n) is 8.06. The first-order valence-corrected chi connectivity index (χ1v) is 11.1. The lowest BCUT2D eigenvalue weighted by Crippen LogP contribution is -2.49. The lowest BCUT2D eigenvalue weighted by Gasteiger charge is -2.39. The number of methoxy groups -OCH3 is 2. The summed E-state index contributed by atoms with van der Waals surface area (Å²) in [7, 11) is 3.17. The number of aldehydes is 1. The predicted octanol–water partition coefficient (Wildman–Crippen LogP) is 3.03. The van der Waals surface area contributed by atoms with Crippen LogP contribution in [0.2, 0.25) is 0 Å². The van der Waals surface area contributed by atoms with Crippen LogP contribution in [0.25, 0.3) is 22.2 Å². The Morgan fingerprint density at radius 1 is 0.941 bits per heavy atom. The third-order valence-electron chi connectivity index (χ3n) is 6.23. The molecule has 1 fully saturated rings. The van der Waals surface area contributed by atoms with Crippen molar-refractivity contribution in [2.24, 2.45) is 0 Å². The molecule has 4 heterocycles. The molecule has 1 aliphatic rings. The molecule has 0 aliphatic carbocycles. The number of carbonyl (C=O) groups excluding carboxylic acids is 1. The molecule has 5 rings (SSSR count). The quantitative estimate of drug-likeness (QED) is 0.391. The van der Waals surface area contributed by atoms with E-state index in [1.165, 1.54) is 0 Å². The van der Waals surface area contributed by atoms with Crippen molar-refractivity contribution in [2.75, 3.05) is 45.3 Å². The molecule has 0 radical (unpaired) electrons. The van der Waals surface area contributed by atoms with Gasteiger partial charge >= 0.3 is 6.01 Å². The number of carbonyl (C=O) groups is 1. The minimum absolute atomic E-state index is 0.347. The highest BCUT2D eigenvalue weighted by Gasteiger charge is 2.27. The Labute approximate surface area is 197 Å². The van der Waals surface area contributed by atoms with Crippen molar-refractivity contribution in [3.8, 4) is 22.9 Å². The molecule has 1 atom stereocenters. The highest BCUT2D eigenvalue weighted by atomic mass is 16.5. The minimum atomic E-state index is -0.411. The summed E-state index contributed by atoms with van der Waals surface area (Å²) >= 11 is 0. The topological polar surface area (TPSA) is 85.6 Å². The van der Waals surface area contributed by atoms with Gasteiger partial charge in [0.05, 0.1) is 20.4 Å². The van der Waals surface area contributed by atoms with Crippen LogP contribution in [0.1, 0.15) is 6.17 Å². The zero-order valence-electron chi connectivity index (χ0n) is 19.2. The molecule has 1 aromatic carbocycles. The molecule has 174 valence electrons. The van der Waals surface area contributed by atoms with E-state index >= 15 is 0 Å². The van der Waals surface area contributed by atoms with Gasteiger partial charge in [-0.2, -0.15) is 0 Å². The van der Waals surface area contributed by atoms with Gasteiger partial charge in [-0.25, -0.2) is 15.0 Å². The first kappa shape index (κ1) is 21.8. The van der Waals surface area contributed by atoms with Crippen LogP contribution in [0, 0.1) is 0 Å². The molecule has 34 heavy (non-hydrogen) atoms. The number of hydrogen-bond donors (Lipinski definition) is 0. The predicted molar refractivity (Wildman–Crippen MR) is 129 cm³/mol. The molecular weight excluding hydrogens is 432 g/mol. The Balaban J connectivity index is 1.34. The molecule has 3 aromatic heterocycles. The van der Waals surface area contributed by atoms with Crippen molar-refractivity contribution in [1.82, 2.24) is 24.4 Å². The van der Waals surface area contributed by atoms with Crippen LogP contribution in [-0.4, -0.2) is 71.1 Å². The van der Waals surface area contributed by atoms with Gasteiger partial charge in [0.15, 0.2) is 6.29 Å². The van der Waals surface area contributed by atoms with E-state index in [4.69, 9.17) is 9.47 Å². The summed E-state index contributed by atoms with van der Waals surface area (Å²) < 4.78 is 12.3. The fourth-order valence-corrected chi connectivity index (χ4v) is 4.46. The van der Waals surface area contributed by atoms with Crippen molar-refractivity contribution in [1.29, 1.82) is 0 Å². The third kappa shape index (κ3) is 4.06. The van der Waals surface area contributed by atoms with Crippen molar-refractivity contribution >= 4 is 23.0 Å². The summed E-state index contributed by atoms with van der Waals surface area (Å²) in [5.41, 5.74) is 3.90. The van der Waals surface area contributed by atoms with Gasteiger partial charge in [0, 0.05) is 67.0 Å². The molecule has 0 saturated carbocycles. The van der Waals surface area contributed by atoms with E-state index in [-0.39, 0.29) is 0 Å². The highest BCUT2D eigenvalue weighted by Crippen LogP contribution is 2.32. The van der Waals surface area contributed by atoms with E-state index in [0.717, 1.165) is 60.3 Å². The molecular formula is C25H26N6O3. The van der Waals surface area contributed by atoms with Crippen LogP contribution in [0.15, 0.2) is 61.2 Å². The number of piperazine rings is 1. The summed E-state index contributed by atoms with van der Waals surface area (Å²) in [6, 6.07) is 12.5. The van der Waals surface area contributed by atoms with Crippen LogP contribution >= 0.6 is 0 Å². The molecule has 9 nitrogen and oxygen atoms in total. The molecule has 0 N–H and O–H groups in total. The van der Waals surface area contributed by atoms with Crippen molar-refractivity contribution in [2.45, 2.75) is 6.17 Å². The van der Waals surface area contributed by atoms with Crippen molar-refractivity contribution in [3.05, 3.63) is 61.2 Å². The maximum Gasteiger partial charge on any atom is 0.316 e. The number of aromatic nitrogens is 4. The van der Waals surface area contributed by atoms with E-state index in [1.807, 2.05) is 35.0 Å². The fraction of sp³-hybridized carbons (Fsp3) is 0.280. The standard InChI is InChI=1S/C25H26N6O3/c1-33-20-13-18-7-8-31(24(18)26-16-20)23(17-32)30-11-9-29(10-12-30)22-6-4-3-5-21(22)19-14-27-25(34-2)28-15-19/h3-8,13-17,23H,9-12H2,1-2H3. The molecule has 1 unspecified atom stereocenters. The lowest BCUT2D eigenvalue weighted by atomic mass is 10.1. The number of ether oxygens (including phenoxy) is 2. The number of pyridine rings is 1. The number of benzene rings is 1. The van der Waals surface area contributed by atoms with Gasteiger partial charge in [-0.3, -0.25) is 9.69 Å². The second kappa shape index (κ2) is 9.48. The molecule has 0 spiro atoms. The zero-order chi connectivity index (χ0) is 23.5. The smallest absolute Gasteiger partial charge is 0.316 e. The minimum Gasteiger partial charge on any atom is -0.495 e. The Hall–Kier alpha value is -3.98. The molecule has 9 heteroatoms. The van der Waals surface area contributed by atoms with Gasteiger partial charge in [-0.05, 0) is 18.2 Å². The van der Waals surface area contributed by atoms with Gasteiger partial charge in [-0.15, -0.1) is 0 Å². The molecule has 4 aromatic rings. The maximum absolute atomic E-state index is 12.2. The van der Waals surface area contributed by atoms with Crippen molar-refractivity contribution in [3.63, 3.8) is 0 Å². The summed E-state index contributed by atoms with van der Waals surface area (Å²) in [6.07, 6.45) is 7.74. The average Bonchev–Trinajstić information content (AvgIpc) is 3.32. The Morgan fingerprint density at radius 3 is 2.41 bits per heavy atom. The van der Waals surface area contributed by atoms with Crippen molar-refractivity contribution < 1.29 is 14.3 Å². The summed E-state index contributed by atoms with van der Waals surface area (Å²) in [5, 5.41) is 0.945. The summed E-state index contributed by atoms with van der Waals surface area (Å²) in [4.78, 5) is 29.7. The molecule has 0 bridgehead atoms. The number of nitrogens with zero attached hydrogens (tertiary/aromatic N) is 6. The van der Waals surface area contributed by atoms with Crippen LogP contribution in [0.4, 0.5) is 5.69 Å². The monoisotopic (exact) mass is 458 g/mol. The molecule has 0 amide bonds. The van der Waals surface area contributed by atoms with E-state index in [9.17, 15) is 4.79 Å². The number of rotatable bonds is 7. The average molecular weight is 459 g/mol. The van der Waals surface area contributed by atoms with Crippen LogP contribution < -0.4 is 14.4 Å². The highest BCUT2D eigenvalue weighted by molar-refractivity contribution is 5.79. The fourth-order valence-electron chi connectivity index (χ4n) is 4.46. The van der Waals surface area contributed by atoms with E-state index < -0.39 is 6.17 Å². The second-order valence-corrected chi connectivity index (χ2v) is 8.06. The van der Waals surface area contributed by atoms with E-state index in [1.54, 1.807) is 32.8 Å².